The zero-order valence-corrected chi connectivity index (χ0v) is 12.3. The van der Waals surface area contributed by atoms with E-state index in [1.807, 2.05) is 0 Å². The number of anilines is 2. The summed E-state index contributed by atoms with van der Waals surface area (Å²) in [5, 5.41) is 13.7. The molecular weight excluding hydrogens is 283 g/mol. The summed E-state index contributed by atoms with van der Waals surface area (Å²) in [6.07, 6.45) is 4.72. The summed E-state index contributed by atoms with van der Waals surface area (Å²) in [7, 11) is 0. The second-order valence-corrected chi connectivity index (χ2v) is 6.04. The van der Waals surface area contributed by atoms with Crippen molar-refractivity contribution in [3.05, 3.63) is 22.2 Å². The van der Waals surface area contributed by atoms with E-state index in [-0.39, 0.29) is 6.61 Å². The van der Waals surface area contributed by atoms with Crippen molar-refractivity contribution in [2.24, 2.45) is 11.8 Å². The molecule has 0 amide bonds. The van der Waals surface area contributed by atoms with Crippen molar-refractivity contribution in [3.63, 3.8) is 0 Å². The minimum absolute atomic E-state index is 0.267. The third-order valence-corrected chi connectivity index (χ3v) is 4.67. The summed E-state index contributed by atoms with van der Waals surface area (Å²) in [5.74, 6) is 0.887. The first-order valence-corrected chi connectivity index (χ1v) is 7.46. The van der Waals surface area contributed by atoms with Gasteiger partial charge in [0.25, 0.3) is 0 Å². The molecular formula is C14H20Cl2N2O. The third-order valence-electron chi connectivity index (χ3n) is 3.95. The monoisotopic (exact) mass is 302 g/mol. The summed E-state index contributed by atoms with van der Waals surface area (Å²) in [6.45, 7) is 1.08. The van der Waals surface area contributed by atoms with Crippen LogP contribution in [0.4, 0.5) is 11.4 Å². The topological polar surface area (TPSA) is 58.3 Å². The molecule has 1 aromatic carbocycles. The summed E-state index contributed by atoms with van der Waals surface area (Å²) in [5.41, 5.74) is 7.34. The minimum atomic E-state index is 0.267. The van der Waals surface area contributed by atoms with Crippen LogP contribution in [0.2, 0.25) is 10.0 Å². The standard InChI is InChI=1S/C14H20Cl2N2O/c15-11-5-13(17)14(6-12(11)16)18-7-9-3-1-2-4-10(9)8-19/h5-6,9-10,18-19H,1-4,7-8,17H2. The first kappa shape index (κ1) is 14.8. The smallest absolute Gasteiger partial charge is 0.0614 e. The number of rotatable bonds is 4. The van der Waals surface area contributed by atoms with E-state index in [4.69, 9.17) is 28.9 Å². The lowest BCUT2D eigenvalue weighted by Gasteiger charge is -2.30. The molecule has 1 fully saturated rings. The Morgan fingerprint density at radius 1 is 1.16 bits per heavy atom. The van der Waals surface area contributed by atoms with E-state index in [9.17, 15) is 5.11 Å². The van der Waals surface area contributed by atoms with Gasteiger partial charge in [-0.2, -0.15) is 0 Å². The van der Waals surface area contributed by atoms with Gasteiger partial charge in [-0.25, -0.2) is 0 Å². The second-order valence-electron chi connectivity index (χ2n) is 5.22. The lowest BCUT2D eigenvalue weighted by Crippen LogP contribution is -2.28. The fraction of sp³-hybridized carbons (Fsp3) is 0.571. The predicted molar refractivity (Wildman–Crippen MR) is 81.9 cm³/mol. The Kier molecular flexibility index (Phi) is 5.20. The Morgan fingerprint density at radius 2 is 1.79 bits per heavy atom. The fourth-order valence-electron chi connectivity index (χ4n) is 2.75. The van der Waals surface area contributed by atoms with Crippen LogP contribution in [0, 0.1) is 11.8 Å². The van der Waals surface area contributed by atoms with Crippen LogP contribution in [0.5, 0.6) is 0 Å². The zero-order valence-electron chi connectivity index (χ0n) is 10.8. The molecule has 0 bridgehead atoms. The normalized spacial score (nSPS) is 23.3. The lowest BCUT2D eigenvalue weighted by atomic mass is 9.79. The van der Waals surface area contributed by atoms with Crippen molar-refractivity contribution >= 4 is 34.6 Å². The van der Waals surface area contributed by atoms with E-state index in [1.54, 1.807) is 12.1 Å². The van der Waals surface area contributed by atoms with Crippen LogP contribution in [-0.2, 0) is 0 Å². The molecule has 0 radical (unpaired) electrons. The number of aliphatic hydroxyl groups is 1. The summed E-state index contributed by atoms with van der Waals surface area (Å²) >= 11 is 11.9. The summed E-state index contributed by atoms with van der Waals surface area (Å²) in [6, 6.07) is 3.42. The average molecular weight is 303 g/mol. The first-order valence-electron chi connectivity index (χ1n) is 6.71. The number of nitrogens with one attached hydrogen (secondary N) is 1. The highest BCUT2D eigenvalue weighted by Crippen LogP contribution is 2.33. The van der Waals surface area contributed by atoms with Gasteiger partial charge in [0.05, 0.1) is 21.4 Å². The van der Waals surface area contributed by atoms with Gasteiger partial charge < -0.3 is 16.2 Å². The van der Waals surface area contributed by atoms with Gasteiger partial charge in [-0.05, 0) is 36.8 Å². The van der Waals surface area contributed by atoms with E-state index >= 15 is 0 Å². The van der Waals surface area contributed by atoms with Crippen LogP contribution in [0.25, 0.3) is 0 Å². The number of nitrogen functional groups attached to an aromatic ring is 1. The molecule has 2 atom stereocenters. The SMILES string of the molecule is Nc1cc(Cl)c(Cl)cc1NCC1CCCCC1CO. The molecule has 2 rings (SSSR count). The number of hydrogen-bond acceptors (Lipinski definition) is 3. The van der Waals surface area contributed by atoms with Crippen molar-refractivity contribution in [2.75, 3.05) is 24.2 Å². The highest BCUT2D eigenvalue weighted by atomic mass is 35.5. The average Bonchev–Trinajstić information content (AvgIpc) is 2.41. The van der Waals surface area contributed by atoms with E-state index < -0.39 is 0 Å². The lowest BCUT2D eigenvalue weighted by molar-refractivity contribution is 0.141. The maximum atomic E-state index is 9.40. The Balaban J connectivity index is 1.99. The molecule has 1 aliphatic carbocycles. The van der Waals surface area contributed by atoms with Crippen molar-refractivity contribution in [1.82, 2.24) is 0 Å². The molecule has 0 aliphatic heterocycles. The Morgan fingerprint density at radius 3 is 2.47 bits per heavy atom. The van der Waals surface area contributed by atoms with E-state index in [1.165, 1.54) is 12.8 Å². The van der Waals surface area contributed by atoms with Gasteiger partial charge in [0.15, 0.2) is 0 Å². The number of halogens is 2. The van der Waals surface area contributed by atoms with Gasteiger partial charge in [0.1, 0.15) is 0 Å². The van der Waals surface area contributed by atoms with Gasteiger partial charge in [0, 0.05) is 13.2 Å². The summed E-state index contributed by atoms with van der Waals surface area (Å²) in [4.78, 5) is 0. The molecule has 1 aromatic rings. The van der Waals surface area contributed by atoms with Gasteiger partial charge in [-0.1, -0.05) is 36.0 Å². The van der Waals surface area contributed by atoms with E-state index in [0.717, 1.165) is 25.1 Å². The molecule has 3 nitrogen and oxygen atoms in total. The van der Waals surface area contributed by atoms with Gasteiger partial charge >= 0.3 is 0 Å². The molecule has 106 valence electrons. The Labute approximate surface area is 124 Å². The van der Waals surface area contributed by atoms with Crippen LogP contribution < -0.4 is 11.1 Å². The Hall–Kier alpha value is -0.640. The Bertz CT molecular complexity index is 440. The highest BCUT2D eigenvalue weighted by molar-refractivity contribution is 6.42. The maximum Gasteiger partial charge on any atom is 0.0614 e. The predicted octanol–water partition coefficient (Wildman–Crippen LogP) is 3.79. The van der Waals surface area contributed by atoms with Crippen molar-refractivity contribution in [2.45, 2.75) is 25.7 Å². The number of benzene rings is 1. The molecule has 0 aromatic heterocycles. The first-order chi connectivity index (χ1) is 9.11. The van der Waals surface area contributed by atoms with Crippen LogP contribution in [0.15, 0.2) is 12.1 Å². The number of hydrogen-bond donors (Lipinski definition) is 3. The van der Waals surface area contributed by atoms with Gasteiger partial charge in [0.2, 0.25) is 0 Å². The van der Waals surface area contributed by atoms with Crippen LogP contribution in [-0.4, -0.2) is 18.3 Å². The summed E-state index contributed by atoms with van der Waals surface area (Å²) < 4.78 is 0. The van der Waals surface area contributed by atoms with Crippen molar-refractivity contribution < 1.29 is 5.11 Å². The molecule has 5 heteroatoms. The van der Waals surface area contributed by atoms with Gasteiger partial charge in [-0.3, -0.25) is 0 Å². The molecule has 19 heavy (non-hydrogen) atoms. The van der Waals surface area contributed by atoms with Gasteiger partial charge in [-0.15, -0.1) is 0 Å². The molecule has 2 unspecified atom stereocenters. The molecule has 0 heterocycles. The number of aliphatic hydroxyl groups excluding tert-OH is 1. The number of nitrogens with two attached hydrogens (primary N) is 1. The van der Waals surface area contributed by atoms with Crippen LogP contribution in [0.1, 0.15) is 25.7 Å². The maximum absolute atomic E-state index is 9.40. The van der Waals surface area contributed by atoms with Crippen LogP contribution in [0.3, 0.4) is 0 Å². The van der Waals surface area contributed by atoms with E-state index in [0.29, 0.717) is 27.6 Å². The fourth-order valence-corrected chi connectivity index (χ4v) is 3.09. The molecule has 4 N–H and O–H groups in total. The largest absolute Gasteiger partial charge is 0.397 e. The molecule has 0 spiro atoms. The second kappa shape index (κ2) is 6.69. The minimum Gasteiger partial charge on any atom is -0.397 e. The highest BCUT2D eigenvalue weighted by Gasteiger charge is 2.24. The van der Waals surface area contributed by atoms with Crippen molar-refractivity contribution in [1.29, 1.82) is 0 Å². The third kappa shape index (κ3) is 3.68. The van der Waals surface area contributed by atoms with Crippen molar-refractivity contribution in [3.8, 4) is 0 Å². The molecule has 1 aliphatic rings. The van der Waals surface area contributed by atoms with E-state index in [2.05, 4.69) is 5.32 Å². The molecule has 1 saturated carbocycles. The van der Waals surface area contributed by atoms with Crippen LogP contribution >= 0.6 is 23.2 Å². The zero-order chi connectivity index (χ0) is 13.8. The molecule has 0 saturated heterocycles. The quantitative estimate of drug-likeness (QED) is 0.742.